The van der Waals surface area contributed by atoms with Gasteiger partial charge in [-0.05, 0) is 32.1 Å². The monoisotopic (exact) mass is 250 g/mol. The second kappa shape index (κ2) is 4.67. The predicted molar refractivity (Wildman–Crippen MR) is 68.3 cm³/mol. The molecule has 1 atom stereocenters. The molecule has 2 aromatic rings. The van der Waals surface area contributed by atoms with Crippen molar-refractivity contribution >= 4 is 29.2 Å². The van der Waals surface area contributed by atoms with Crippen LogP contribution in [-0.4, -0.2) is 27.0 Å². The van der Waals surface area contributed by atoms with Gasteiger partial charge in [0.15, 0.2) is 4.77 Å². The smallest absolute Gasteiger partial charge is 0.242 e. The van der Waals surface area contributed by atoms with Crippen LogP contribution in [0.2, 0.25) is 0 Å². The van der Waals surface area contributed by atoms with Gasteiger partial charge in [-0.1, -0.05) is 0 Å². The minimum absolute atomic E-state index is 0.0405. The van der Waals surface area contributed by atoms with E-state index in [2.05, 4.69) is 15.3 Å². The molecular formula is C11H14N4OS. The number of nitrogens with one attached hydrogen (secondary N) is 2. The van der Waals surface area contributed by atoms with Gasteiger partial charge in [-0.3, -0.25) is 9.78 Å². The van der Waals surface area contributed by atoms with Crippen molar-refractivity contribution in [2.75, 3.05) is 6.54 Å². The molecule has 0 aromatic carbocycles. The molecule has 0 spiro atoms. The van der Waals surface area contributed by atoms with Crippen molar-refractivity contribution in [1.29, 1.82) is 0 Å². The van der Waals surface area contributed by atoms with Gasteiger partial charge >= 0.3 is 0 Å². The van der Waals surface area contributed by atoms with Gasteiger partial charge in [-0.25, -0.2) is 0 Å². The molecule has 0 bridgehead atoms. The number of hydrogen-bond acceptors (Lipinski definition) is 3. The number of hydrogen-bond donors (Lipinski definition) is 2. The minimum atomic E-state index is -0.335. The normalized spacial score (nSPS) is 12.6. The number of H-pyrrole nitrogens is 1. The van der Waals surface area contributed by atoms with E-state index in [1.54, 1.807) is 17.0 Å². The number of rotatable bonds is 3. The van der Waals surface area contributed by atoms with Gasteiger partial charge in [0.1, 0.15) is 6.04 Å². The third-order valence-corrected chi connectivity index (χ3v) is 2.93. The number of pyridine rings is 1. The van der Waals surface area contributed by atoms with E-state index in [4.69, 9.17) is 12.2 Å². The van der Waals surface area contributed by atoms with E-state index >= 15 is 0 Å². The van der Waals surface area contributed by atoms with Crippen LogP contribution in [0.1, 0.15) is 19.9 Å². The molecule has 0 saturated carbocycles. The van der Waals surface area contributed by atoms with Gasteiger partial charge in [-0.15, -0.1) is 0 Å². The van der Waals surface area contributed by atoms with Gasteiger partial charge in [0.25, 0.3) is 0 Å². The summed E-state index contributed by atoms with van der Waals surface area (Å²) in [5.41, 5.74) is 1.73. The summed E-state index contributed by atoms with van der Waals surface area (Å²) in [5.74, 6) is -0.0405. The Morgan fingerprint density at radius 2 is 2.47 bits per heavy atom. The fourth-order valence-electron chi connectivity index (χ4n) is 1.80. The van der Waals surface area contributed by atoms with Crippen molar-refractivity contribution in [2.45, 2.75) is 19.9 Å². The highest BCUT2D eigenvalue weighted by Gasteiger charge is 2.17. The van der Waals surface area contributed by atoms with Gasteiger partial charge in [0.2, 0.25) is 5.91 Å². The van der Waals surface area contributed by atoms with E-state index in [-0.39, 0.29) is 11.9 Å². The Kier molecular flexibility index (Phi) is 3.23. The summed E-state index contributed by atoms with van der Waals surface area (Å²) in [6.07, 6.45) is 3.39. The Labute approximate surface area is 104 Å². The van der Waals surface area contributed by atoms with Crippen LogP contribution in [-0.2, 0) is 4.79 Å². The summed E-state index contributed by atoms with van der Waals surface area (Å²) in [5, 5.41) is 2.79. The number of nitrogens with zero attached hydrogens (tertiary/aromatic N) is 2. The third-order valence-electron chi connectivity index (χ3n) is 2.64. The highest BCUT2D eigenvalue weighted by molar-refractivity contribution is 7.71. The van der Waals surface area contributed by atoms with Crippen LogP contribution >= 0.6 is 12.2 Å². The average molecular weight is 250 g/mol. The highest BCUT2D eigenvalue weighted by Crippen LogP contribution is 2.17. The summed E-state index contributed by atoms with van der Waals surface area (Å²) in [4.78, 5) is 18.9. The third kappa shape index (κ3) is 2.08. The van der Waals surface area contributed by atoms with E-state index in [0.29, 0.717) is 11.3 Å². The molecule has 6 heteroatoms. The summed E-state index contributed by atoms with van der Waals surface area (Å²) in [6.45, 7) is 4.33. The Balaban J connectivity index is 2.51. The molecule has 90 valence electrons. The second-order valence-electron chi connectivity index (χ2n) is 3.76. The molecule has 1 unspecified atom stereocenters. The summed E-state index contributed by atoms with van der Waals surface area (Å²) in [7, 11) is 0. The van der Waals surface area contributed by atoms with Crippen LogP contribution in [0.3, 0.4) is 0 Å². The number of likely N-dealkylation sites (N-methyl/N-ethyl adjacent to an activating group) is 1. The number of fused-ring (bicyclic) bond motifs is 1. The Bertz CT molecular complexity index is 601. The number of amides is 1. The Morgan fingerprint density at radius 3 is 3.18 bits per heavy atom. The second-order valence-corrected chi connectivity index (χ2v) is 4.15. The van der Waals surface area contributed by atoms with Crippen LogP contribution in [0.5, 0.6) is 0 Å². The van der Waals surface area contributed by atoms with E-state index in [0.717, 1.165) is 11.0 Å². The lowest BCUT2D eigenvalue weighted by Crippen LogP contribution is -2.30. The lowest BCUT2D eigenvalue weighted by molar-refractivity contribution is -0.123. The van der Waals surface area contributed by atoms with Crippen LogP contribution in [0.4, 0.5) is 0 Å². The van der Waals surface area contributed by atoms with Gasteiger partial charge in [0.05, 0.1) is 17.2 Å². The zero-order chi connectivity index (χ0) is 12.4. The van der Waals surface area contributed by atoms with Gasteiger partial charge in [0, 0.05) is 12.7 Å². The molecule has 2 aromatic heterocycles. The van der Waals surface area contributed by atoms with Crippen molar-refractivity contribution < 1.29 is 4.79 Å². The maximum atomic E-state index is 11.8. The van der Waals surface area contributed by atoms with Crippen LogP contribution in [0.15, 0.2) is 18.5 Å². The molecular weight excluding hydrogens is 236 g/mol. The first-order valence-electron chi connectivity index (χ1n) is 5.47. The quantitative estimate of drug-likeness (QED) is 0.816. The Hall–Kier alpha value is -1.69. The molecule has 2 rings (SSSR count). The number of aromatic nitrogens is 3. The number of aromatic amines is 1. The van der Waals surface area contributed by atoms with E-state index in [1.165, 1.54) is 0 Å². The van der Waals surface area contributed by atoms with Crippen molar-refractivity contribution in [3.8, 4) is 0 Å². The topological polar surface area (TPSA) is 62.7 Å². The Morgan fingerprint density at radius 1 is 1.71 bits per heavy atom. The molecule has 2 heterocycles. The lowest BCUT2D eigenvalue weighted by atomic mass is 10.3. The highest BCUT2D eigenvalue weighted by atomic mass is 32.1. The number of imidazole rings is 1. The maximum absolute atomic E-state index is 11.8. The van der Waals surface area contributed by atoms with Crippen molar-refractivity contribution in [3.05, 3.63) is 23.2 Å². The fourth-order valence-corrected chi connectivity index (χ4v) is 2.17. The van der Waals surface area contributed by atoms with Crippen molar-refractivity contribution in [2.24, 2.45) is 0 Å². The molecule has 0 fully saturated rings. The number of carbonyl (C=O) groups is 1. The molecule has 1 amide bonds. The molecule has 0 aliphatic carbocycles. The first-order chi connectivity index (χ1) is 8.15. The molecule has 0 aliphatic rings. The summed E-state index contributed by atoms with van der Waals surface area (Å²) >= 11 is 5.23. The summed E-state index contributed by atoms with van der Waals surface area (Å²) < 4.78 is 2.34. The van der Waals surface area contributed by atoms with Gasteiger partial charge < -0.3 is 14.9 Å². The van der Waals surface area contributed by atoms with Crippen molar-refractivity contribution in [1.82, 2.24) is 19.9 Å². The minimum Gasteiger partial charge on any atom is -0.355 e. The lowest BCUT2D eigenvalue weighted by Gasteiger charge is -2.13. The molecule has 0 saturated heterocycles. The summed E-state index contributed by atoms with van der Waals surface area (Å²) in [6, 6.07) is 1.51. The first kappa shape index (κ1) is 11.8. The average Bonchev–Trinajstić information content (AvgIpc) is 2.64. The molecule has 0 aliphatic heterocycles. The molecule has 17 heavy (non-hydrogen) atoms. The first-order valence-corrected chi connectivity index (χ1v) is 5.88. The van der Waals surface area contributed by atoms with Gasteiger partial charge in [-0.2, -0.15) is 0 Å². The molecule has 0 radical (unpaired) electrons. The largest absolute Gasteiger partial charge is 0.355 e. The van der Waals surface area contributed by atoms with Crippen LogP contribution in [0.25, 0.3) is 11.0 Å². The molecule has 2 N–H and O–H groups in total. The fraction of sp³-hybridized carbons (Fsp3) is 0.364. The standard InChI is InChI=1S/C11H14N4OS/c1-3-13-10(16)7(2)15-9-4-5-12-6-8(9)14-11(15)17/h4-7H,3H2,1-2H3,(H,13,16)(H,14,17). The van der Waals surface area contributed by atoms with E-state index < -0.39 is 0 Å². The maximum Gasteiger partial charge on any atom is 0.242 e. The van der Waals surface area contributed by atoms with Crippen LogP contribution in [0, 0.1) is 4.77 Å². The van der Waals surface area contributed by atoms with Crippen molar-refractivity contribution in [3.63, 3.8) is 0 Å². The number of carbonyl (C=O) groups excluding carboxylic acids is 1. The SMILES string of the molecule is CCNC(=O)C(C)n1c(=S)[nH]c2cnccc21. The van der Waals surface area contributed by atoms with E-state index in [9.17, 15) is 4.79 Å². The zero-order valence-electron chi connectivity index (χ0n) is 9.73. The zero-order valence-corrected chi connectivity index (χ0v) is 10.5. The van der Waals surface area contributed by atoms with E-state index in [1.807, 2.05) is 19.9 Å². The molecule has 5 nitrogen and oxygen atoms in total. The predicted octanol–water partition coefficient (Wildman–Crippen LogP) is 1.79. The van der Waals surface area contributed by atoms with Crippen LogP contribution < -0.4 is 5.32 Å².